The zero-order valence-electron chi connectivity index (χ0n) is 13.3. The summed E-state index contributed by atoms with van der Waals surface area (Å²) >= 11 is 0. The van der Waals surface area contributed by atoms with E-state index in [1.807, 2.05) is 0 Å². The van der Waals surface area contributed by atoms with Gasteiger partial charge in [0.2, 0.25) is 5.89 Å². The molecule has 4 rings (SSSR count). The third-order valence-electron chi connectivity index (χ3n) is 3.92. The van der Waals surface area contributed by atoms with Gasteiger partial charge in [-0.1, -0.05) is 6.07 Å². The average molecular weight is 454 g/mol. The summed E-state index contributed by atoms with van der Waals surface area (Å²) in [6.07, 6.45) is 3.01. The van der Waals surface area contributed by atoms with Crippen LogP contribution >= 0.6 is 0 Å². The number of rotatable bonds is 3. The van der Waals surface area contributed by atoms with Crippen LogP contribution in [0.4, 0.5) is 0 Å². The van der Waals surface area contributed by atoms with Crippen LogP contribution in [0.15, 0.2) is 63.0 Å². The fourth-order valence-electron chi connectivity index (χ4n) is 2.72. The number of hydrogen-bond acceptors (Lipinski definition) is 7. The van der Waals surface area contributed by atoms with Crippen molar-refractivity contribution in [3.63, 3.8) is 0 Å². The Morgan fingerprint density at radius 3 is 2.10 bits per heavy atom. The van der Waals surface area contributed by atoms with Gasteiger partial charge >= 0.3 is 59.1 Å². The van der Waals surface area contributed by atoms with E-state index in [-0.39, 0.29) is 81.5 Å². The molecule has 4 aromatic rings. The Bertz CT molecular complexity index is 1420. The molecular weight excluding hydrogens is 442 g/mol. The number of aromatic nitrogens is 2. The second kappa shape index (κ2) is 8.71. The van der Waals surface area contributed by atoms with Crippen LogP contribution in [0, 0.1) is 0 Å². The van der Waals surface area contributed by atoms with Crippen LogP contribution in [-0.2, 0) is 20.2 Å². The fraction of sp³-hybridized carbons (Fsp3) is 0. The monoisotopic (exact) mass is 454 g/mol. The quantitative estimate of drug-likeness (QED) is 0.344. The molecule has 0 atom stereocenters. The molecule has 2 N–H and O–H groups in total. The topological polar surface area (TPSA) is 148 Å². The zero-order valence-corrected chi connectivity index (χ0v) is 14.9. The Morgan fingerprint density at radius 2 is 1.52 bits per heavy atom. The van der Waals surface area contributed by atoms with Crippen LogP contribution < -0.4 is 0 Å². The first kappa shape index (κ1) is 24.4. The van der Waals surface area contributed by atoms with E-state index >= 15 is 0 Å². The van der Waals surface area contributed by atoms with E-state index in [1.54, 1.807) is 12.1 Å². The van der Waals surface area contributed by atoms with Gasteiger partial charge in [0.1, 0.15) is 10.4 Å². The van der Waals surface area contributed by atoms with Gasteiger partial charge in [0.25, 0.3) is 20.2 Å². The Morgan fingerprint density at radius 1 is 0.862 bits per heavy atom. The van der Waals surface area contributed by atoms with Gasteiger partial charge in [0, 0.05) is 23.3 Å². The van der Waals surface area contributed by atoms with Crippen LogP contribution in [0.3, 0.4) is 0 Å². The molecule has 2 heterocycles. The summed E-state index contributed by atoms with van der Waals surface area (Å²) in [5.74, 6) is 0.101. The van der Waals surface area contributed by atoms with Crippen LogP contribution in [0.2, 0.25) is 0 Å². The molecule has 0 unspecified atom stereocenters. The molecular formula is C16H12N2Na2O7S2. The van der Waals surface area contributed by atoms with E-state index in [1.165, 1.54) is 18.5 Å². The van der Waals surface area contributed by atoms with E-state index in [2.05, 4.69) is 9.97 Å². The molecule has 13 heteroatoms. The van der Waals surface area contributed by atoms with E-state index in [9.17, 15) is 25.9 Å². The third kappa shape index (κ3) is 4.74. The molecule has 2 aromatic carbocycles. The molecule has 0 amide bonds. The van der Waals surface area contributed by atoms with Crippen molar-refractivity contribution in [3.05, 3.63) is 48.8 Å². The molecule has 0 fully saturated rings. The van der Waals surface area contributed by atoms with Gasteiger partial charge in [-0.05, 0) is 35.7 Å². The van der Waals surface area contributed by atoms with Gasteiger partial charge in [-0.15, -0.1) is 0 Å². The summed E-state index contributed by atoms with van der Waals surface area (Å²) in [6, 6.07) is 7.88. The predicted molar refractivity (Wildman–Crippen MR) is 109 cm³/mol. The minimum absolute atomic E-state index is 0. The van der Waals surface area contributed by atoms with Crippen molar-refractivity contribution in [1.82, 2.24) is 9.97 Å². The minimum atomic E-state index is -4.70. The molecule has 9 nitrogen and oxygen atoms in total. The maximum atomic E-state index is 11.8. The van der Waals surface area contributed by atoms with Gasteiger partial charge in [0.05, 0.1) is 4.90 Å². The second-order valence-corrected chi connectivity index (χ2v) is 8.45. The molecule has 0 aliphatic carbocycles. The molecule has 2 aromatic heterocycles. The van der Waals surface area contributed by atoms with E-state index in [4.69, 9.17) is 4.42 Å². The molecule has 0 saturated carbocycles. The van der Waals surface area contributed by atoms with E-state index in [0.29, 0.717) is 10.9 Å². The first-order valence-electron chi connectivity index (χ1n) is 7.37. The molecule has 29 heavy (non-hydrogen) atoms. The van der Waals surface area contributed by atoms with Crippen LogP contribution in [0.1, 0.15) is 0 Å². The number of nitrogens with zero attached hydrogens (tertiary/aromatic N) is 2. The molecule has 0 bridgehead atoms. The van der Waals surface area contributed by atoms with Crippen LogP contribution in [0.5, 0.6) is 0 Å². The van der Waals surface area contributed by atoms with Crippen LogP contribution in [-0.4, -0.2) is 95.0 Å². The molecule has 0 aliphatic rings. The van der Waals surface area contributed by atoms with E-state index < -0.39 is 30.0 Å². The molecule has 142 valence electrons. The van der Waals surface area contributed by atoms with Crippen molar-refractivity contribution < 1.29 is 30.4 Å². The Balaban J connectivity index is 0.00000150. The number of pyridine rings is 1. The van der Waals surface area contributed by atoms with Gasteiger partial charge in [0.15, 0.2) is 5.58 Å². The van der Waals surface area contributed by atoms with Gasteiger partial charge < -0.3 is 4.42 Å². The third-order valence-corrected chi connectivity index (χ3v) is 5.63. The van der Waals surface area contributed by atoms with Crippen molar-refractivity contribution >= 4 is 101 Å². The predicted octanol–water partition coefficient (Wildman–Crippen LogP) is 1.24. The number of hydrogen-bond donors (Lipinski definition) is 2. The summed E-state index contributed by atoms with van der Waals surface area (Å²) in [5.41, 5.74) is 0.482. The van der Waals surface area contributed by atoms with Crippen molar-refractivity contribution in [2.45, 2.75) is 9.79 Å². The van der Waals surface area contributed by atoms with Crippen molar-refractivity contribution in [2.75, 3.05) is 0 Å². The number of oxazole rings is 1. The molecule has 0 radical (unpaired) electrons. The Labute approximate surface area is 209 Å². The SMILES string of the molecule is O=S(=O)(O)c1ccc2c(c1)cc(S(=O)(=O)O)c1oc(-c3ccncc3)nc12.[NaH].[NaH]. The molecule has 0 spiro atoms. The normalized spacial score (nSPS) is 11.8. The second-order valence-electron chi connectivity index (χ2n) is 5.64. The summed E-state index contributed by atoms with van der Waals surface area (Å²) in [6.45, 7) is 0. The fourth-order valence-corrected chi connectivity index (χ4v) is 3.89. The summed E-state index contributed by atoms with van der Waals surface area (Å²) in [7, 11) is -9.19. The van der Waals surface area contributed by atoms with Gasteiger partial charge in [-0.3, -0.25) is 14.1 Å². The first-order valence-corrected chi connectivity index (χ1v) is 10.3. The summed E-state index contributed by atoms with van der Waals surface area (Å²) < 4.78 is 70.7. The maximum absolute atomic E-state index is 11.8. The average Bonchev–Trinajstić information content (AvgIpc) is 3.05. The van der Waals surface area contributed by atoms with Crippen molar-refractivity contribution in [1.29, 1.82) is 0 Å². The molecule has 0 aliphatic heterocycles. The number of benzene rings is 2. The standard InChI is InChI=1S/C16H10N2O7S2.2Na.2H/c19-26(20,21)11-1-2-12-10(7-11)8-13(27(22,23)24)15-14(12)18-16(25-15)9-3-5-17-6-4-9;;;;/h1-8H,(H,19,20,21)(H,22,23,24);;;;. The van der Waals surface area contributed by atoms with Crippen molar-refractivity contribution in [2.24, 2.45) is 0 Å². The van der Waals surface area contributed by atoms with E-state index in [0.717, 1.165) is 18.2 Å². The van der Waals surface area contributed by atoms with Gasteiger partial charge in [-0.25, -0.2) is 4.98 Å². The Hall–Kier alpha value is -0.860. The van der Waals surface area contributed by atoms with Crippen LogP contribution in [0.25, 0.3) is 33.3 Å². The molecule has 0 saturated heterocycles. The summed E-state index contributed by atoms with van der Waals surface area (Å²) in [5, 5.41) is 0.522. The number of fused-ring (bicyclic) bond motifs is 3. The first-order chi connectivity index (χ1) is 12.6. The van der Waals surface area contributed by atoms with Crippen molar-refractivity contribution in [3.8, 4) is 11.5 Å². The summed E-state index contributed by atoms with van der Waals surface area (Å²) in [4.78, 5) is 7.19. The van der Waals surface area contributed by atoms with Gasteiger partial charge in [-0.2, -0.15) is 16.8 Å². The zero-order chi connectivity index (χ0) is 19.4. The Kier molecular flexibility index (Phi) is 7.33.